The molecule has 5 heterocycles. The molecule has 0 radical (unpaired) electrons. The van der Waals surface area contributed by atoms with Crippen LogP contribution in [0.3, 0.4) is 0 Å². The van der Waals surface area contributed by atoms with Crippen molar-refractivity contribution in [1.82, 2.24) is 30.0 Å². The molecule has 1 aromatic heterocycles. The molecule has 4 aliphatic rings. The van der Waals surface area contributed by atoms with Gasteiger partial charge < -0.3 is 24.8 Å². The van der Waals surface area contributed by atoms with Crippen LogP contribution in [0.15, 0.2) is 30.6 Å². The first-order chi connectivity index (χ1) is 26.7. The number of likely N-dealkylation sites (tertiary alicyclic amines) is 2. The van der Waals surface area contributed by atoms with Crippen LogP contribution in [0.2, 0.25) is 0 Å². The number of carbonyl (C=O) groups is 4. The Morgan fingerprint density at radius 1 is 0.929 bits per heavy atom. The standard InChI is InChI=1S/C41H56F2N8O5/c1-26(2)20-27(3)38-44-23-29(24-45-38)28-8-12-50(13-9-28)40(55)56-25-36(53)48-14-10-30(11-15-48)41(4,5)51-18-16-49(17-19-51)37-32(42)21-31(22-33(37)43)46-34-6-7-35(52)47-39(34)54/h20-24,26,28,30,34,46H,6-19,25H2,1-5H3,(H,47,52,54)/b27-20-/t34-/m1/s1. The van der Waals surface area contributed by atoms with Gasteiger partial charge in [0.25, 0.3) is 5.91 Å². The third-order valence-electron chi connectivity index (χ3n) is 12.0. The zero-order valence-electron chi connectivity index (χ0n) is 33.3. The highest BCUT2D eigenvalue weighted by atomic mass is 19.1. The minimum atomic E-state index is -0.738. The van der Waals surface area contributed by atoms with E-state index in [-0.39, 0.29) is 54.1 Å². The van der Waals surface area contributed by atoms with E-state index in [0.29, 0.717) is 64.2 Å². The zero-order chi connectivity index (χ0) is 40.1. The minimum absolute atomic E-state index is 0.0884. The highest BCUT2D eigenvalue weighted by Crippen LogP contribution is 2.36. The van der Waals surface area contributed by atoms with E-state index < -0.39 is 29.7 Å². The SMILES string of the molecule is C/C(=C/C(C)C)c1ncc(C2CCN(C(=O)OCC(=O)N3CCC(C(C)(C)N4CCN(c5c(F)cc(N[C@@H]6CCC(=O)NC6=O)cc5F)CC4)CC3)CC2)cn1. The molecule has 4 fully saturated rings. The summed E-state index contributed by atoms with van der Waals surface area (Å²) >= 11 is 0. The second kappa shape index (κ2) is 17.6. The average Bonchev–Trinajstić information content (AvgIpc) is 3.18. The molecule has 0 saturated carbocycles. The van der Waals surface area contributed by atoms with Gasteiger partial charge in [-0.15, -0.1) is 0 Å². The van der Waals surface area contributed by atoms with Crippen molar-refractivity contribution in [3.8, 4) is 0 Å². The average molecular weight is 779 g/mol. The van der Waals surface area contributed by atoms with Gasteiger partial charge in [-0.05, 0) is 93.9 Å². The molecule has 0 aliphatic carbocycles. The highest BCUT2D eigenvalue weighted by Gasteiger charge is 2.40. The number of carbonyl (C=O) groups excluding carboxylic acids is 4. The summed E-state index contributed by atoms with van der Waals surface area (Å²) in [7, 11) is 0. The van der Waals surface area contributed by atoms with Crippen LogP contribution in [-0.2, 0) is 19.1 Å². The van der Waals surface area contributed by atoms with Crippen molar-refractivity contribution in [3.63, 3.8) is 0 Å². The molecule has 15 heteroatoms. The molecule has 4 amide bonds. The van der Waals surface area contributed by atoms with E-state index in [2.05, 4.69) is 59.3 Å². The minimum Gasteiger partial charge on any atom is -0.439 e. The summed E-state index contributed by atoms with van der Waals surface area (Å²) < 4.78 is 36.1. The molecule has 0 spiro atoms. The number of hydrogen-bond acceptors (Lipinski definition) is 10. The van der Waals surface area contributed by atoms with Gasteiger partial charge in [0, 0.05) is 82.4 Å². The summed E-state index contributed by atoms with van der Waals surface area (Å²) in [5.41, 5.74) is 1.98. The van der Waals surface area contributed by atoms with E-state index in [1.54, 1.807) is 14.7 Å². The fourth-order valence-electron chi connectivity index (χ4n) is 8.61. The number of allylic oxidation sites excluding steroid dienone is 2. The fourth-order valence-corrected chi connectivity index (χ4v) is 8.61. The number of aromatic nitrogens is 2. The van der Waals surface area contributed by atoms with Gasteiger partial charge in [0.15, 0.2) is 24.1 Å². The van der Waals surface area contributed by atoms with Crippen molar-refractivity contribution >= 4 is 40.8 Å². The molecule has 6 rings (SSSR count). The van der Waals surface area contributed by atoms with Crippen LogP contribution in [0.4, 0.5) is 25.0 Å². The lowest BCUT2D eigenvalue weighted by Gasteiger charge is -2.50. The van der Waals surface area contributed by atoms with Gasteiger partial charge in [0.2, 0.25) is 11.8 Å². The molecule has 4 saturated heterocycles. The van der Waals surface area contributed by atoms with Crippen molar-refractivity contribution in [2.75, 3.05) is 69.2 Å². The van der Waals surface area contributed by atoms with E-state index in [4.69, 9.17) is 4.74 Å². The lowest BCUT2D eigenvalue weighted by atomic mass is 9.78. The second-order valence-electron chi connectivity index (χ2n) is 16.5. The molecule has 0 unspecified atom stereocenters. The summed E-state index contributed by atoms with van der Waals surface area (Å²) in [6.07, 6.45) is 9.01. The molecule has 13 nitrogen and oxygen atoms in total. The maximum Gasteiger partial charge on any atom is 0.410 e. The Morgan fingerprint density at radius 3 is 2.12 bits per heavy atom. The Hall–Kier alpha value is -4.66. The number of ether oxygens (including phenoxy) is 1. The summed E-state index contributed by atoms with van der Waals surface area (Å²) in [5, 5.41) is 5.09. The van der Waals surface area contributed by atoms with E-state index in [0.717, 1.165) is 42.6 Å². The predicted octanol–water partition coefficient (Wildman–Crippen LogP) is 5.19. The molecule has 1 aromatic carbocycles. The van der Waals surface area contributed by atoms with Crippen molar-refractivity contribution in [2.24, 2.45) is 11.8 Å². The molecule has 4 aliphatic heterocycles. The molecule has 56 heavy (non-hydrogen) atoms. The molecule has 2 aromatic rings. The van der Waals surface area contributed by atoms with E-state index in [1.165, 1.54) is 12.1 Å². The van der Waals surface area contributed by atoms with Crippen LogP contribution in [-0.4, -0.2) is 119 Å². The van der Waals surface area contributed by atoms with Crippen LogP contribution in [0.5, 0.6) is 0 Å². The first-order valence-corrected chi connectivity index (χ1v) is 20.0. The van der Waals surface area contributed by atoms with Gasteiger partial charge in [-0.25, -0.2) is 23.5 Å². The zero-order valence-corrected chi connectivity index (χ0v) is 33.3. The molecular weight excluding hydrogens is 722 g/mol. The largest absolute Gasteiger partial charge is 0.439 e. The predicted molar refractivity (Wildman–Crippen MR) is 209 cm³/mol. The smallest absolute Gasteiger partial charge is 0.410 e. The highest BCUT2D eigenvalue weighted by molar-refractivity contribution is 6.01. The van der Waals surface area contributed by atoms with Gasteiger partial charge >= 0.3 is 6.09 Å². The summed E-state index contributed by atoms with van der Waals surface area (Å²) in [6, 6.07) is 1.65. The van der Waals surface area contributed by atoms with Crippen LogP contribution in [0.1, 0.15) is 90.4 Å². The Kier molecular flexibility index (Phi) is 12.9. The van der Waals surface area contributed by atoms with Crippen molar-refractivity contribution < 1.29 is 32.7 Å². The Labute approximate surface area is 328 Å². The first-order valence-electron chi connectivity index (χ1n) is 20.0. The summed E-state index contributed by atoms with van der Waals surface area (Å²) in [4.78, 5) is 66.2. The number of hydrogen-bond donors (Lipinski definition) is 2. The maximum atomic E-state index is 15.3. The molecule has 0 bridgehead atoms. The first kappa shape index (κ1) is 41.0. The fraction of sp³-hybridized carbons (Fsp3) is 0.610. The van der Waals surface area contributed by atoms with Crippen LogP contribution < -0.4 is 15.5 Å². The Balaban J connectivity index is 0.912. The molecule has 304 valence electrons. The number of anilines is 2. The third-order valence-corrected chi connectivity index (χ3v) is 12.0. The number of nitrogens with zero attached hydrogens (tertiary/aromatic N) is 6. The summed E-state index contributed by atoms with van der Waals surface area (Å²) in [6.45, 7) is 14.7. The third kappa shape index (κ3) is 9.64. The number of rotatable bonds is 10. The van der Waals surface area contributed by atoms with E-state index in [1.807, 2.05) is 19.3 Å². The number of benzene rings is 1. The van der Waals surface area contributed by atoms with Crippen LogP contribution in [0, 0.1) is 23.5 Å². The van der Waals surface area contributed by atoms with E-state index >= 15 is 8.78 Å². The number of piperazine rings is 1. The summed E-state index contributed by atoms with van der Waals surface area (Å²) in [5.74, 6) is -0.764. The maximum absolute atomic E-state index is 15.3. The van der Waals surface area contributed by atoms with Crippen LogP contribution >= 0.6 is 0 Å². The number of nitrogens with one attached hydrogen (secondary N) is 2. The molecule has 1 atom stereocenters. The van der Waals surface area contributed by atoms with E-state index in [9.17, 15) is 19.2 Å². The monoisotopic (exact) mass is 778 g/mol. The molecular formula is C41H56F2N8O5. The lowest BCUT2D eigenvalue weighted by Crippen LogP contribution is -2.59. The van der Waals surface area contributed by atoms with Crippen molar-refractivity contribution in [3.05, 3.63) is 53.6 Å². The van der Waals surface area contributed by atoms with Gasteiger partial charge in [0.1, 0.15) is 11.7 Å². The van der Waals surface area contributed by atoms with Crippen molar-refractivity contribution in [2.45, 2.75) is 90.6 Å². The van der Waals surface area contributed by atoms with Gasteiger partial charge in [-0.3, -0.25) is 24.6 Å². The number of imide groups is 1. The lowest BCUT2D eigenvalue weighted by molar-refractivity contribution is -0.137. The van der Waals surface area contributed by atoms with Crippen molar-refractivity contribution in [1.29, 1.82) is 0 Å². The van der Waals surface area contributed by atoms with Gasteiger partial charge in [-0.2, -0.15) is 0 Å². The Bertz CT molecular complexity index is 1760. The quantitative estimate of drug-likeness (QED) is 0.310. The van der Waals surface area contributed by atoms with Gasteiger partial charge in [-0.1, -0.05) is 19.9 Å². The number of piperidine rings is 3. The van der Waals surface area contributed by atoms with Gasteiger partial charge in [0.05, 0.1) is 0 Å². The van der Waals surface area contributed by atoms with Crippen LogP contribution in [0.25, 0.3) is 5.57 Å². The number of amides is 4. The normalized spacial score (nSPS) is 21.0. The molecule has 2 N–H and O–H groups in total. The number of halogens is 2. The Morgan fingerprint density at radius 2 is 1.54 bits per heavy atom. The second-order valence-corrected chi connectivity index (χ2v) is 16.5. The topological polar surface area (TPSA) is 140 Å².